The van der Waals surface area contributed by atoms with Crippen LogP contribution in [0.3, 0.4) is 0 Å². The zero-order chi connectivity index (χ0) is 23.8. The molecule has 0 saturated heterocycles. The third-order valence-corrected chi connectivity index (χ3v) is 6.12. The number of amides is 1. The Balaban J connectivity index is 1.88. The van der Waals surface area contributed by atoms with Crippen molar-refractivity contribution in [2.24, 2.45) is 0 Å². The topological polar surface area (TPSA) is 91.2 Å². The van der Waals surface area contributed by atoms with Crippen LogP contribution in [0.25, 0.3) is 0 Å². The summed E-state index contributed by atoms with van der Waals surface area (Å²) in [6.07, 6.45) is 1.50. The molecule has 2 aromatic rings. The van der Waals surface area contributed by atoms with Gasteiger partial charge in [-0.05, 0) is 31.0 Å². The zero-order valence-corrected chi connectivity index (χ0v) is 19.4. The van der Waals surface area contributed by atoms with E-state index in [1.807, 2.05) is 61.5 Å². The molecule has 6 nitrogen and oxygen atoms in total. The van der Waals surface area contributed by atoms with Gasteiger partial charge in [0.2, 0.25) is 5.91 Å². The van der Waals surface area contributed by atoms with Gasteiger partial charge in [0.15, 0.2) is 0 Å². The summed E-state index contributed by atoms with van der Waals surface area (Å²) in [6.45, 7) is 7.34. The van der Waals surface area contributed by atoms with Crippen LogP contribution in [-0.4, -0.2) is 24.2 Å². The number of esters is 1. The monoisotopic (exact) mass is 459 g/mol. The Morgan fingerprint density at radius 1 is 1.18 bits per heavy atom. The van der Waals surface area contributed by atoms with Gasteiger partial charge in [0, 0.05) is 11.4 Å². The van der Waals surface area contributed by atoms with Crippen LogP contribution in [-0.2, 0) is 14.3 Å². The SMILES string of the molecule is C=CCOC(=O)C1=C(C)NC(SCC(=O)Nc2ccccc2C)=C(C#N)C1c1ccccc1. The lowest BCUT2D eigenvalue weighted by Gasteiger charge is -2.29. The smallest absolute Gasteiger partial charge is 0.337 e. The summed E-state index contributed by atoms with van der Waals surface area (Å²) in [6, 6.07) is 19.1. The Hall–Kier alpha value is -3.76. The van der Waals surface area contributed by atoms with Crippen molar-refractivity contribution >= 4 is 29.3 Å². The highest BCUT2D eigenvalue weighted by molar-refractivity contribution is 8.03. The summed E-state index contributed by atoms with van der Waals surface area (Å²) in [5.74, 6) is -1.19. The summed E-state index contributed by atoms with van der Waals surface area (Å²) in [7, 11) is 0. The fraction of sp³-hybridized carbons (Fsp3) is 0.192. The second kappa shape index (κ2) is 11.2. The number of nitrogens with one attached hydrogen (secondary N) is 2. The van der Waals surface area contributed by atoms with Crippen LogP contribution in [0.1, 0.15) is 24.0 Å². The molecule has 1 heterocycles. The van der Waals surface area contributed by atoms with E-state index < -0.39 is 11.9 Å². The molecule has 7 heteroatoms. The highest BCUT2D eigenvalue weighted by Crippen LogP contribution is 2.40. The van der Waals surface area contributed by atoms with Gasteiger partial charge in [0.1, 0.15) is 6.61 Å². The Morgan fingerprint density at radius 3 is 2.55 bits per heavy atom. The van der Waals surface area contributed by atoms with E-state index in [4.69, 9.17) is 4.74 Å². The molecule has 0 spiro atoms. The molecule has 0 saturated carbocycles. The Bertz CT molecular complexity index is 1160. The minimum absolute atomic E-state index is 0.0728. The summed E-state index contributed by atoms with van der Waals surface area (Å²) in [5, 5.41) is 16.6. The largest absolute Gasteiger partial charge is 0.458 e. The van der Waals surface area contributed by atoms with Crippen LogP contribution in [0, 0.1) is 18.3 Å². The quantitative estimate of drug-likeness (QED) is 0.436. The fourth-order valence-electron chi connectivity index (χ4n) is 3.53. The van der Waals surface area contributed by atoms with E-state index in [-0.39, 0.29) is 18.3 Å². The zero-order valence-electron chi connectivity index (χ0n) is 18.6. The van der Waals surface area contributed by atoms with Crippen molar-refractivity contribution in [2.45, 2.75) is 19.8 Å². The molecule has 0 fully saturated rings. The Morgan fingerprint density at radius 2 is 1.88 bits per heavy atom. The van der Waals surface area contributed by atoms with Gasteiger partial charge in [-0.2, -0.15) is 5.26 Å². The lowest BCUT2D eigenvalue weighted by atomic mass is 9.82. The summed E-state index contributed by atoms with van der Waals surface area (Å²) >= 11 is 1.23. The number of nitriles is 1. The van der Waals surface area contributed by atoms with Gasteiger partial charge in [0.05, 0.1) is 33.9 Å². The van der Waals surface area contributed by atoms with Gasteiger partial charge >= 0.3 is 5.97 Å². The number of allylic oxidation sites excluding steroid dienone is 2. The molecular formula is C26H25N3O3S. The van der Waals surface area contributed by atoms with E-state index in [2.05, 4.69) is 23.3 Å². The maximum Gasteiger partial charge on any atom is 0.337 e. The Labute approximate surface area is 198 Å². The molecule has 0 bridgehead atoms. The highest BCUT2D eigenvalue weighted by Gasteiger charge is 2.35. The normalized spacial score (nSPS) is 15.4. The van der Waals surface area contributed by atoms with E-state index in [1.54, 1.807) is 6.92 Å². The first-order valence-electron chi connectivity index (χ1n) is 10.4. The van der Waals surface area contributed by atoms with Gasteiger partial charge in [-0.1, -0.05) is 72.9 Å². The molecule has 1 unspecified atom stereocenters. The maximum atomic E-state index is 12.8. The number of para-hydroxylation sites is 1. The average Bonchev–Trinajstić information content (AvgIpc) is 2.82. The number of aryl methyl sites for hydroxylation is 1. The van der Waals surface area contributed by atoms with Crippen molar-refractivity contribution in [1.82, 2.24) is 5.32 Å². The number of benzene rings is 2. The van der Waals surface area contributed by atoms with Gasteiger partial charge in [-0.3, -0.25) is 4.79 Å². The van der Waals surface area contributed by atoms with E-state index in [0.29, 0.717) is 21.9 Å². The summed E-state index contributed by atoms with van der Waals surface area (Å²) in [5.41, 5.74) is 3.83. The number of ether oxygens (including phenoxy) is 1. The van der Waals surface area contributed by atoms with Crippen molar-refractivity contribution in [3.8, 4) is 6.07 Å². The Kier molecular flexibility index (Phi) is 8.11. The molecular weight excluding hydrogens is 434 g/mol. The average molecular weight is 460 g/mol. The van der Waals surface area contributed by atoms with E-state index in [1.165, 1.54) is 17.8 Å². The molecule has 1 amide bonds. The highest BCUT2D eigenvalue weighted by atomic mass is 32.2. The first kappa shape index (κ1) is 23.9. The molecule has 1 aliphatic rings. The summed E-state index contributed by atoms with van der Waals surface area (Å²) < 4.78 is 5.30. The number of anilines is 1. The number of carbonyl (C=O) groups excluding carboxylic acids is 2. The molecule has 2 N–H and O–H groups in total. The minimum atomic E-state index is -0.600. The van der Waals surface area contributed by atoms with E-state index in [9.17, 15) is 14.9 Å². The standard InChI is InChI=1S/C26H25N3O3S/c1-4-14-32-26(31)23-18(3)28-25(20(15-27)24(23)19-11-6-5-7-12-19)33-16-22(30)29-21-13-9-8-10-17(21)2/h4-13,24,28H,1,14,16H2,2-3H3,(H,29,30). The van der Waals surface area contributed by atoms with E-state index >= 15 is 0 Å². The second-order valence-corrected chi connectivity index (χ2v) is 8.39. The van der Waals surface area contributed by atoms with Crippen LogP contribution in [0.15, 0.2) is 89.1 Å². The van der Waals surface area contributed by atoms with Crippen molar-refractivity contribution in [1.29, 1.82) is 5.26 Å². The van der Waals surface area contributed by atoms with Crippen molar-refractivity contribution in [3.05, 3.63) is 100 Å². The minimum Gasteiger partial charge on any atom is -0.458 e. The van der Waals surface area contributed by atoms with Gasteiger partial charge in [-0.25, -0.2) is 4.79 Å². The maximum absolute atomic E-state index is 12.8. The molecule has 3 rings (SSSR count). The molecule has 1 aliphatic heterocycles. The van der Waals surface area contributed by atoms with Crippen molar-refractivity contribution in [3.63, 3.8) is 0 Å². The predicted molar refractivity (Wildman–Crippen MR) is 131 cm³/mol. The van der Waals surface area contributed by atoms with Crippen LogP contribution in [0.4, 0.5) is 5.69 Å². The van der Waals surface area contributed by atoms with Gasteiger partial charge in [0.25, 0.3) is 0 Å². The first-order chi connectivity index (χ1) is 16.0. The van der Waals surface area contributed by atoms with Crippen LogP contribution in [0.2, 0.25) is 0 Å². The number of carbonyl (C=O) groups is 2. The first-order valence-corrected chi connectivity index (χ1v) is 11.4. The van der Waals surface area contributed by atoms with Gasteiger partial charge in [-0.15, -0.1) is 0 Å². The summed E-state index contributed by atoms with van der Waals surface area (Å²) in [4.78, 5) is 25.4. The third-order valence-electron chi connectivity index (χ3n) is 5.10. The lowest BCUT2D eigenvalue weighted by Crippen LogP contribution is -2.29. The molecule has 33 heavy (non-hydrogen) atoms. The number of hydrogen-bond acceptors (Lipinski definition) is 6. The van der Waals surface area contributed by atoms with Gasteiger partial charge < -0.3 is 15.4 Å². The third kappa shape index (κ3) is 5.73. The predicted octanol–water partition coefficient (Wildman–Crippen LogP) is 4.79. The lowest BCUT2D eigenvalue weighted by molar-refractivity contribution is -0.138. The van der Waals surface area contributed by atoms with Crippen LogP contribution >= 0.6 is 11.8 Å². The number of nitrogens with zero attached hydrogens (tertiary/aromatic N) is 1. The molecule has 2 aromatic carbocycles. The number of rotatable bonds is 8. The molecule has 0 radical (unpaired) electrons. The van der Waals surface area contributed by atoms with E-state index in [0.717, 1.165) is 16.8 Å². The molecule has 0 aromatic heterocycles. The van der Waals surface area contributed by atoms with Crippen molar-refractivity contribution < 1.29 is 14.3 Å². The number of dihydropyridines is 1. The van der Waals surface area contributed by atoms with Crippen LogP contribution in [0.5, 0.6) is 0 Å². The molecule has 168 valence electrons. The molecule has 0 aliphatic carbocycles. The van der Waals surface area contributed by atoms with Crippen molar-refractivity contribution in [2.75, 3.05) is 17.7 Å². The number of thioether (sulfide) groups is 1. The van der Waals surface area contributed by atoms with Crippen LogP contribution < -0.4 is 10.6 Å². The second-order valence-electron chi connectivity index (χ2n) is 7.40. The number of hydrogen-bond donors (Lipinski definition) is 2. The fourth-order valence-corrected chi connectivity index (χ4v) is 4.42. The molecule has 1 atom stereocenters.